The summed E-state index contributed by atoms with van der Waals surface area (Å²) in [5.41, 5.74) is 0.267. The minimum Gasteiger partial charge on any atom is -0.494 e. The Labute approximate surface area is 116 Å². The monoisotopic (exact) mass is 284 g/mol. The van der Waals surface area contributed by atoms with Crippen molar-refractivity contribution >= 4 is 17.7 Å². The zero-order chi connectivity index (χ0) is 15.3. The van der Waals surface area contributed by atoms with Crippen molar-refractivity contribution in [2.45, 2.75) is 6.92 Å². The average Bonchev–Trinajstić information content (AvgIpc) is 2.38. The number of aliphatic carboxylic acids is 1. The molecule has 0 aliphatic heterocycles. The van der Waals surface area contributed by atoms with Gasteiger partial charge >= 0.3 is 12.0 Å². The summed E-state index contributed by atoms with van der Waals surface area (Å²) in [6.07, 6.45) is 0. The van der Waals surface area contributed by atoms with Crippen LogP contribution in [0.25, 0.3) is 0 Å². The highest BCUT2D eigenvalue weighted by Crippen LogP contribution is 2.20. The van der Waals surface area contributed by atoms with Crippen molar-refractivity contribution in [2.24, 2.45) is 5.92 Å². The Kier molecular flexibility index (Phi) is 5.31. The molecule has 110 valence electrons. The highest BCUT2D eigenvalue weighted by molar-refractivity contribution is 5.89. The quantitative estimate of drug-likeness (QED) is 0.867. The lowest BCUT2D eigenvalue weighted by molar-refractivity contribution is -0.141. The fourth-order valence-corrected chi connectivity index (χ4v) is 1.53. The van der Waals surface area contributed by atoms with Crippen molar-refractivity contribution in [2.75, 3.05) is 26.0 Å². The molecule has 1 atom stereocenters. The molecule has 0 saturated heterocycles. The summed E-state index contributed by atoms with van der Waals surface area (Å²) in [5, 5.41) is 11.3. The molecule has 1 aromatic carbocycles. The van der Waals surface area contributed by atoms with Crippen LogP contribution in [0.2, 0.25) is 0 Å². The molecular weight excluding hydrogens is 267 g/mol. The number of carbonyl (C=O) groups excluding carboxylic acids is 1. The molecule has 20 heavy (non-hydrogen) atoms. The number of ether oxygens (including phenoxy) is 1. The van der Waals surface area contributed by atoms with Gasteiger partial charge in [-0.25, -0.2) is 9.18 Å². The van der Waals surface area contributed by atoms with Crippen molar-refractivity contribution < 1.29 is 23.8 Å². The Balaban J connectivity index is 2.66. The number of hydrogen-bond donors (Lipinski definition) is 2. The first-order chi connectivity index (χ1) is 9.35. The second-order valence-electron chi connectivity index (χ2n) is 4.40. The van der Waals surface area contributed by atoms with Gasteiger partial charge in [-0.3, -0.25) is 4.79 Å². The summed E-state index contributed by atoms with van der Waals surface area (Å²) in [6.45, 7) is 1.55. The average molecular weight is 284 g/mol. The smallest absolute Gasteiger partial charge is 0.321 e. The van der Waals surface area contributed by atoms with Crippen molar-refractivity contribution in [1.82, 2.24) is 4.90 Å². The van der Waals surface area contributed by atoms with E-state index in [1.165, 1.54) is 38.1 Å². The Hall–Kier alpha value is -2.31. The van der Waals surface area contributed by atoms with Crippen molar-refractivity contribution in [3.63, 3.8) is 0 Å². The lowest BCUT2D eigenvalue weighted by atomic mass is 10.2. The van der Waals surface area contributed by atoms with E-state index in [2.05, 4.69) is 5.32 Å². The fourth-order valence-electron chi connectivity index (χ4n) is 1.53. The van der Waals surface area contributed by atoms with E-state index < -0.39 is 23.7 Å². The van der Waals surface area contributed by atoms with Crippen LogP contribution in [0.4, 0.5) is 14.9 Å². The molecule has 0 aliphatic carbocycles. The lowest BCUT2D eigenvalue weighted by Gasteiger charge is -2.20. The number of carboxylic acids is 1. The van der Waals surface area contributed by atoms with Gasteiger partial charge in [-0.05, 0) is 12.1 Å². The van der Waals surface area contributed by atoms with Crippen molar-refractivity contribution in [3.05, 3.63) is 24.0 Å². The molecule has 2 amide bonds. The Morgan fingerprint density at radius 2 is 2.15 bits per heavy atom. The van der Waals surface area contributed by atoms with Crippen LogP contribution in [0, 0.1) is 11.7 Å². The van der Waals surface area contributed by atoms with Crippen LogP contribution < -0.4 is 10.1 Å². The van der Waals surface area contributed by atoms with Gasteiger partial charge in [-0.1, -0.05) is 6.92 Å². The molecule has 7 heteroatoms. The van der Waals surface area contributed by atoms with Gasteiger partial charge in [0.25, 0.3) is 0 Å². The molecule has 0 aliphatic rings. The Bertz CT molecular complexity index is 507. The molecule has 1 unspecified atom stereocenters. The number of halogens is 1. The normalized spacial score (nSPS) is 11.6. The molecule has 1 aromatic rings. The van der Waals surface area contributed by atoms with Gasteiger partial charge in [0.15, 0.2) is 11.6 Å². The molecule has 0 spiro atoms. The first kappa shape index (κ1) is 15.7. The topological polar surface area (TPSA) is 78.9 Å². The number of anilines is 1. The summed E-state index contributed by atoms with van der Waals surface area (Å²) in [7, 11) is 2.81. The van der Waals surface area contributed by atoms with E-state index in [0.29, 0.717) is 0 Å². The molecule has 6 nitrogen and oxygen atoms in total. The van der Waals surface area contributed by atoms with E-state index in [9.17, 15) is 14.0 Å². The van der Waals surface area contributed by atoms with Crippen LogP contribution in [0.3, 0.4) is 0 Å². The molecular formula is C13H17FN2O4. The minimum absolute atomic E-state index is 0.0554. The largest absolute Gasteiger partial charge is 0.494 e. The second-order valence-corrected chi connectivity index (χ2v) is 4.40. The number of methoxy groups -OCH3 is 1. The third-order valence-electron chi connectivity index (χ3n) is 2.72. The van der Waals surface area contributed by atoms with E-state index in [1.54, 1.807) is 0 Å². The van der Waals surface area contributed by atoms with Gasteiger partial charge in [0.05, 0.1) is 13.0 Å². The van der Waals surface area contributed by atoms with E-state index in [-0.39, 0.29) is 18.0 Å². The lowest BCUT2D eigenvalue weighted by Crippen LogP contribution is -2.36. The zero-order valence-electron chi connectivity index (χ0n) is 11.5. The van der Waals surface area contributed by atoms with Gasteiger partial charge in [0.2, 0.25) is 0 Å². The molecule has 0 bridgehead atoms. The molecule has 0 radical (unpaired) electrons. The molecule has 0 fully saturated rings. The molecule has 2 N–H and O–H groups in total. The maximum atomic E-state index is 13.5. The van der Waals surface area contributed by atoms with Gasteiger partial charge in [-0.15, -0.1) is 0 Å². The zero-order valence-corrected chi connectivity index (χ0v) is 11.5. The van der Waals surface area contributed by atoms with Crippen LogP contribution in [0.1, 0.15) is 6.92 Å². The van der Waals surface area contributed by atoms with Crippen LogP contribution in [0.5, 0.6) is 5.75 Å². The van der Waals surface area contributed by atoms with E-state index in [1.807, 2.05) is 0 Å². The summed E-state index contributed by atoms with van der Waals surface area (Å²) in [5.74, 6) is -2.18. The van der Waals surface area contributed by atoms with Gasteiger partial charge in [-0.2, -0.15) is 0 Å². The summed E-state index contributed by atoms with van der Waals surface area (Å²) >= 11 is 0. The fraction of sp³-hybridized carbons (Fsp3) is 0.385. The van der Waals surface area contributed by atoms with Gasteiger partial charge in [0.1, 0.15) is 0 Å². The third-order valence-corrected chi connectivity index (χ3v) is 2.72. The number of benzene rings is 1. The molecule has 0 aromatic heterocycles. The van der Waals surface area contributed by atoms with E-state index in [4.69, 9.17) is 9.84 Å². The molecule has 0 heterocycles. The number of nitrogens with one attached hydrogen (secondary N) is 1. The SMILES string of the molecule is COc1ccc(NC(=O)N(C)CC(C)C(=O)O)cc1F. The maximum absolute atomic E-state index is 13.5. The van der Waals surface area contributed by atoms with Crippen molar-refractivity contribution in [1.29, 1.82) is 0 Å². The first-order valence-corrected chi connectivity index (χ1v) is 5.93. The van der Waals surface area contributed by atoms with Crippen LogP contribution in [-0.2, 0) is 4.79 Å². The maximum Gasteiger partial charge on any atom is 0.321 e. The second kappa shape index (κ2) is 6.74. The number of urea groups is 1. The number of amides is 2. The summed E-state index contributed by atoms with van der Waals surface area (Å²) < 4.78 is 18.2. The van der Waals surface area contributed by atoms with Crippen LogP contribution in [0.15, 0.2) is 18.2 Å². The summed E-state index contributed by atoms with van der Waals surface area (Å²) in [6, 6.07) is 3.51. The van der Waals surface area contributed by atoms with E-state index >= 15 is 0 Å². The number of nitrogens with zero attached hydrogens (tertiary/aromatic N) is 1. The van der Waals surface area contributed by atoms with E-state index in [0.717, 1.165) is 6.07 Å². The molecule has 0 saturated carbocycles. The number of rotatable bonds is 5. The predicted molar refractivity (Wildman–Crippen MR) is 71.4 cm³/mol. The van der Waals surface area contributed by atoms with Gasteiger partial charge < -0.3 is 20.1 Å². The predicted octanol–water partition coefficient (Wildman–Crippen LogP) is 2.02. The Morgan fingerprint density at radius 1 is 1.50 bits per heavy atom. The highest BCUT2D eigenvalue weighted by Gasteiger charge is 2.17. The van der Waals surface area contributed by atoms with Crippen LogP contribution >= 0.6 is 0 Å². The molecule has 1 rings (SSSR count). The third kappa shape index (κ3) is 4.11. The highest BCUT2D eigenvalue weighted by atomic mass is 19.1. The van der Waals surface area contributed by atoms with Crippen molar-refractivity contribution in [3.8, 4) is 5.75 Å². The number of hydrogen-bond acceptors (Lipinski definition) is 3. The number of carbonyl (C=O) groups is 2. The standard InChI is InChI=1S/C13H17FN2O4/c1-8(12(17)18)7-16(2)13(19)15-9-4-5-11(20-3)10(14)6-9/h4-6,8H,7H2,1-3H3,(H,15,19)(H,17,18). The number of carboxylic acid groups (broad SMARTS) is 1. The first-order valence-electron chi connectivity index (χ1n) is 5.93. The van der Waals surface area contributed by atoms with Crippen LogP contribution in [-0.4, -0.2) is 42.7 Å². The summed E-state index contributed by atoms with van der Waals surface area (Å²) in [4.78, 5) is 23.7. The van der Waals surface area contributed by atoms with Gasteiger partial charge in [0, 0.05) is 25.3 Å². The minimum atomic E-state index is -0.986. The Morgan fingerprint density at radius 3 is 2.65 bits per heavy atom.